The van der Waals surface area contributed by atoms with E-state index in [9.17, 15) is 0 Å². The number of ether oxygens (including phenoxy) is 1. The Morgan fingerprint density at radius 2 is 2.40 bits per heavy atom. The van der Waals surface area contributed by atoms with Gasteiger partial charge in [-0.1, -0.05) is 5.48 Å². The number of hydroxylamine groups is 1. The summed E-state index contributed by atoms with van der Waals surface area (Å²) in [4.78, 5) is 4.76. The Hall–Kier alpha value is -0.200. The van der Waals surface area contributed by atoms with E-state index in [0.717, 1.165) is 13.2 Å². The molecule has 0 saturated carbocycles. The van der Waals surface area contributed by atoms with Gasteiger partial charge in [0, 0.05) is 6.54 Å². The Labute approximate surface area is 59.0 Å². The van der Waals surface area contributed by atoms with Crippen LogP contribution in [0.3, 0.4) is 0 Å². The quantitative estimate of drug-likeness (QED) is 0.463. The Morgan fingerprint density at radius 1 is 1.40 bits per heavy atom. The van der Waals surface area contributed by atoms with Gasteiger partial charge in [-0.05, 0) is 0 Å². The third-order valence-corrected chi connectivity index (χ3v) is 1.58. The first-order valence-corrected chi connectivity index (χ1v) is 3.37. The molecule has 2 fully saturated rings. The summed E-state index contributed by atoms with van der Waals surface area (Å²) in [6.07, 6.45) is -0.0231. The predicted molar refractivity (Wildman–Crippen MR) is 32.8 cm³/mol. The van der Waals surface area contributed by atoms with Crippen molar-refractivity contribution in [1.82, 2.24) is 16.1 Å². The molecule has 0 amide bonds. The van der Waals surface area contributed by atoms with Gasteiger partial charge in [-0.3, -0.25) is 15.5 Å². The predicted octanol–water partition coefficient (Wildman–Crippen LogP) is -1.64. The molecule has 1 radical (unpaired) electrons. The van der Waals surface area contributed by atoms with Crippen LogP contribution in [-0.4, -0.2) is 32.3 Å². The van der Waals surface area contributed by atoms with Gasteiger partial charge in [-0.25, -0.2) is 0 Å². The van der Waals surface area contributed by atoms with Crippen LogP contribution < -0.4 is 16.1 Å². The largest absolute Gasteiger partial charge is 0.359 e. The zero-order valence-electron chi connectivity index (χ0n) is 5.54. The van der Waals surface area contributed by atoms with Crippen molar-refractivity contribution in [2.75, 3.05) is 19.9 Å². The summed E-state index contributed by atoms with van der Waals surface area (Å²) in [7, 11) is 0. The van der Waals surface area contributed by atoms with Gasteiger partial charge in [0.2, 0.25) is 0 Å². The number of hydrogen-bond acceptors (Lipinski definition) is 4. The third-order valence-electron chi connectivity index (χ3n) is 1.58. The van der Waals surface area contributed by atoms with Gasteiger partial charge in [0.1, 0.15) is 19.1 Å². The van der Waals surface area contributed by atoms with Gasteiger partial charge in [0.05, 0.1) is 6.61 Å². The minimum absolute atomic E-state index is 0.00231. The molecule has 0 aromatic rings. The van der Waals surface area contributed by atoms with Crippen LogP contribution >= 0.6 is 0 Å². The van der Waals surface area contributed by atoms with Gasteiger partial charge in [-0.15, -0.1) is 0 Å². The molecule has 5 heteroatoms. The van der Waals surface area contributed by atoms with Crippen molar-refractivity contribution < 1.29 is 9.57 Å². The highest BCUT2D eigenvalue weighted by atomic mass is 16.7. The zero-order chi connectivity index (χ0) is 6.81. The molecule has 2 atom stereocenters. The average Bonchev–Trinajstić information content (AvgIpc) is 2.59. The van der Waals surface area contributed by atoms with E-state index in [2.05, 4.69) is 16.1 Å². The fraction of sp³-hybridized carbons (Fsp3) is 1.00. The fourth-order valence-corrected chi connectivity index (χ4v) is 1.09. The summed E-state index contributed by atoms with van der Waals surface area (Å²) in [6.45, 7) is 2.16. The van der Waals surface area contributed by atoms with Crippen LogP contribution in [0.1, 0.15) is 0 Å². The van der Waals surface area contributed by atoms with Crippen molar-refractivity contribution in [3.8, 4) is 0 Å². The van der Waals surface area contributed by atoms with E-state index in [1.54, 1.807) is 0 Å². The number of nitrogens with one attached hydrogen (secondary N) is 2. The molecule has 2 unspecified atom stereocenters. The molecule has 2 N–H and O–H groups in total. The van der Waals surface area contributed by atoms with Crippen molar-refractivity contribution in [1.29, 1.82) is 0 Å². The first kappa shape index (κ1) is 6.51. The average molecular weight is 144 g/mol. The first-order valence-electron chi connectivity index (χ1n) is 3.37. The monoisotopic (exact) mass is 144 g/mol. The Bertz CT molecular complexity index is 95.5. The lowest BCUT2D eigenvalue weighted by molar-refractivity contribution is 0.0186. The molecule has 0 aromatic carbocycles. The maximum Gasteiger partial charge on any atom is 0.145 e. The summed E-state index contributed by atoms with van der Waals surface area (Å²) in [5.41, 5.74) is 3.82. The van der Waals surface area contributed by atoms with E-state index in [-0.39, 0.29) is 12.4 Å². The molecule has 2 aliphatic heterocycles. The molecule has 10 heavy (non-hydrogen) atoms. The molecule has 5 nitrogen and oxygen atoms in total. The maximum absolute atomic E-state index is 5.29. The van der Waals surface area contributed by atoms with Crippen molar-refractivity contribution in [2.45, 2.75) is 12.4 Å². The van der Waals surface area contributed by atoms with Gasteiger partial charge in [0.15, 0.2) is 0 Å². The van der Waals surface area contributed by atoms with Crippen molar-refractivity contribution in [2.24, 2.45) is 0 Å². The van der Waals surface area contributed by atoms with Crippen LogP contribution in [0.2, 0.25) is 0 Å². The van der Waals surface area contributed by atoms with Gasteiger partial charge in [0.25, 0.3) is 0 Å². The molecule has 2 saturated heterocycles. The second kappa shape index (κ2) is 2.81. The molecule has 0 aliphatic carbocycles. The molecule has 2 aliphatic rings. The topological polar surface area (TPSA) is 56.6 Å². The smallest absolute Gasteiger partial charge is 0.145 e. The Balaban J connectivity index is 1.85. The molecule has 0 aromatic heterocycles. The van der Waals surface area contributed by atoms with Crippen LogP contribution in [0.4, 0.5) is 0 Å². The van der Waals surface area contributed by atoms with E-state index in [0.29, 0.717) is 6.73 Å². The van der Waals surface area contributed by atoms with Gasteiger partial charge >= 0.3 is 0 Å². The van der Waals surface area contributed by atoms with Crippen LogP contribution in [0, 0.1) is 0 Å². The summed E-state index contributed by atoms with van der Waals surface area (Å²) >= 11 is 0. The normalized spacial score (nSPS) is 40.8. The van der Waals surface area contributed by atoms with Crippen molar-refractivity contribution >= 4 is 0 Å². The van der Waals surface area contributed by atoms with Crippen LogP contribution in [0.5, 0.6) is 0 Å². The van der Waals surface area contributed by atoms with E-state index >= 15 is 0 Å². The molecule has 0 spiro atoms. The summed E-state index contributed by atoms with van der Waals surface area (Å²) in [5.74, 6) is 0. The molecule has 57 valence electrons. The lowest BCUT2D eigenvalue weighted by Gasteiger charge is -2.14. The lowest BCUT2D eigenvalue weighted by atomic mass is 10.4. The second-order valence-corrected chi connectivity index (χ2v) is 2.27. The molecule has 2 rings (SSSR count). The second-order valence-electron chi connectivity index (χ2n) is 2.27. The van der Waals surface area contributed by atoms with Crippen LogP contribution in [0.15, 0.2) is 0 Å². The van der Waals surface area contributed by atoms with Gasteiger partial charge < -0.3 is 4.74 Å². The SMILES string of the molecule is C1COC(C2[N]OCN2)N1. The number of nitrogens with zero attached hydrogens (tertiary/aromatic N) is 1. The van der Waals surface area contributed by atoms with Crippen molar-refractivity contribution in [3.05, 3.63) is 0 Å². The third kappa shape index (κ3) is 1.14. The summed E-state index contributed by atoms with van der Waals surface area (Å²) < 4.78 is 5.29. The highest BCUT2D eigenvalue weighted by molar-refractivity contribution is 4.75. The maximum atomic E-state index is 5.29. The van der Waals surface area contributed by atoms with E-state index in [1.165, 1.54) is 0 Å². The van der Waals surface area contributed by atoms with E-state index < -0.39 is 0 Å². The fourth-order valence-electron chi connectivity index (χ4n) is 1.09. The van der Waals surface area contributed by atoms with Crippen LogP contribution in [0.25, 0.3) is 0 Å². The highest BCUT2D eigenvalue weighted by Crippen LogP contribution is 2.03. The Morgan fingerprint density at radius 3 is 3.00 bits per heavy atom. The van der Waals surface area contributed by atoms with Crippen molar-refractivity contribution in [3.63, 3.8) is 0 Å². The minimum atomic E-state index is -0.0255. The molecular formula is C5H10N3O2. The number of rotatable bonds is 1. The standard InChI is InChI=1S/C5H10N3O2/c1-2-9-5(6-1)4-7-3-10-8-4/h4-7H,1-3H2. The zero-order valence-corrected chi connectivity index (χ0v) is 5.54. The molecular weight excluding hydrogens is 134 g/mol. The molecule has 0 bridgehead atoms. The van der Waals surface area contributed by atoms with E-state index in [1.807, 2.05) is 0 Å². The Kier molecular flexibility index (Phi) is 1.83. The lowest BCUT2D eigenvalue weighted by Crippen LogP contribution is -2.45. The van der Waals surface area contributed by atoms with Gasteiger partial charge in [-0.2, -0.15) is 0 Å². The molecule has 2 heterocycles. The number of hydrogen-bond donors (Lipinski definition) is 2. The van der Waals surface area contributed by atoms with E-state index in [4.69, 9.17) is 9.57 Å². The summed E-state index contributed by atoms with van der Waals surface area (Å²) in [6, 6.07) is 0. The van der Waals surface area contributed by atoms with Crippen LogP contribution in [-0.2, 0) is 9.57 Å². The summed E-state index contributed by atoms with van der Waals surface area (Å²) in [5, 5.41) is 6.16. The minimum Gasteiger partial charge on any atom is -0.359 e. The first-order chi connectivity index (χ1) is 4.97. The highest BCUT2D eigenvalue weighted by Gasteiger charge is 2.29.